The van der Waals surface area contributed by atoms with Crippen molar-refractivity contribution in [1.29, 1.82) is 0 Å². The van der Waals surface area contributed by atoms with Crippen molar-refractivity contribution < 1.29 is 14.3 Å². The first-order valence-electron chi connectivity index (χ1n) is 10.5. The molecule has 1 saturated heterocycles. The van der Waals surface area contributed by atoms with Gasteiger partial charge in [-0.3, -0.25) is 9.36 Å². The maximum Gasteiger partial charge on any atom is 0.233 e. The molecule has 1 aromatic heterocycles. The summed E-state index contributed by atoms with van der Waals surface area (Å²) in [6.45, 7) is 3.30. The minimum atomic E-state index is -0.189. The molecule has 8 heteroatoms. The molecule has 2 heterocycles. The van der Waals surface area contributed by atoms with Crippen molar-refractivity contribution in [2.24, 2.45) is 0 Å². The third-order valence-corrected chi connectivity index (χ3v) is 6.31. The van der Waals surface area contributed by atoms with Crippen LogP contribution in [0.15, 0.2) is 53.7 Å². The average molecular weight is 439 g/mol. The van der Waals surface area contributed by atoms with E-state index in [0.29, 0.717) is 17.6 Å². The molecule has 1 amide bonds. The monoisotopic (exact) mass is 438 g/mol. The molecule has 2 aromatic carbocycles. The van der Waals surface area contributed by atoms with Crippen LogP contribution in [-0.4, -0.2) is 46.2 Å². The van der Waals surface area contributed by atoms with Gasteiger partial charge in [-0.05, 0) is 56.2 Å². The zero-order valence-electron chi connectivity index (χ0n) is 17.7. The minimum absolute atomic E-state index is 0.0617. The van der Waals surface area contributed by atoms with Crippen LogP contribution in [0.5, 0.6) is 11.5 Å². The number of ether oxygens (including phenoxy) is 2. The fourth-order valence-electron chi connectivity index (χ4n) is 3.54. The standard InChI is InChI=1S/C23H26N4O3S/c1-3-30-18-12-10-17(11-13-18)27-21(16-7-6-8-19(15-16)29-2)25-26-23(27)31-20-9-4-5-14-24-22(20)28/h6-8,10-13,15,20H,3-5,9,14H2,1-2H3,(H,24,28)/t20-/m1/s1. The highest BCUT2D eigenvalue weighted by atomic mass is 32.2. The van der Waals surface area contributed by atoms with Crippen LogP contribution >= 0.6 is 11.8 Å². The highest BCUT2D eigenvalue weighted by Crippen LogP contribution is 2.33. The zero-order chi connectivity index (χ0) is 21.6. The van der Waals surface area contributed by atoms with E-state index in [4.69, 9.17) is 9.47 Å². The zero-order valence-corrected chi connectivity index (χ0v) is 18.5. The van der Waals surface area contributed by atoms with Gasteiger partial charge in [0.2, 0.25) is 5.91 Å². The highest BCUT2D eigenvalue weighted by Gasteiger charge is 2.26. The van der Waals surface area contributed by atoms with Crippen LogP contribution in [-0.2, 0) is 4.79 Å². The number of nitrogens with one attached hydrogen (secondary N) is 1. The molecule has 0 spiro atoms. The summed E-state index contributed by atoms with van der Waals surface area (Å²) in [5, 5.41) is 12.4. The van der Waals surface area contributed by atoms with Gasteiger partial charge < -0.3 is 14.8 Å². The minimum Gasteiger partial charge on any atom is -0.497 e. The molecule has 1 atom stereocenters. The summed E-state index contributed by atoms with van der Waals surface area (Å²) < 4.78 is 13.0. The van der Waals surface area contributed by atoms with E-state index in [2.05, 4.69) is 15.5 Å². The van der Waals surface area contributed by atoms with Crippen LogP contribution in [0, 0.1) is 0 Å². The quantitative estimate of drug-likeness (QED) is 0.598. The van der Waals surface area contributed by atoms with E-state index in [0.717, 1.165) is 48.6 Å². The second kappa shape index (κ2) is 9.87. The summed E-state index contributed by atoms with van der Waals surface area (Å²) in [6.07, 6.45) is 2.83. The van der Waals surface area contributed by atoms with Crippen LogP contribution in [0.4, 0.5) is 0 Å². The van der Waals surface area contributed by atoms with Crippen molar-refractivity contribution in [3.63, 3.8) is 0 Å². The number of rotatable bonds is 7. The van der Waals surface area contributed by atoms with Gasteiger partial charge in [0.15, 0.2) is 11.0 Å². The number of amides is 1. The van der Waals surface area contributed by atoms with Crippen LogP contribution in [0.1, 0.15) is 26.2 Å². The molecule has 162 valence electrons. The number of carbonyl (C=O) groups excluding carboxylic acids is 1. The largest absolute Gasteiger partial charge is 0.497 e. The molecule has 1 N–H and O–H groups in total. The Morgan fingerprint density at radius 3 is 2.74 bits per heavy atom. The second-order valence-corrected chi connectivity index (χ2v) is 8.36. The van der Waals surface area contributed by atoms with E-state index in [1.807, 2.05) is 60.0 Å². The lowest BCUT2D eigenvalue weighted by molar-refractivity contribution is -0.120. The third-order valence-electron chi connectivity index (χ3n) is 5.10. The highest BCUT2D eigenvalue weighted by molar-refractivity contribution is 8.00. The number of hydrogen-bond acceptors (Lipinski definition) is 6. The first kappa shape index (κ1) is 21.2. The van der Waals surface area contributed by atoms with Gasteiger partial charge in [-0.1, -0.05) is 30.3 Å². The number of hydrogen-bond donors (Lipinski definition) is 1. The summed E-state index contributed by atoms with van der Waals surface area (Å²) >= 11 is 1.46. The fourth-order valence-corrected chi connectivity index (χ4v) is 4.65. The van der Waals surface area contributed by atoms with Gasteiger partial charge in [0, 0.05) is 17.8 Å². The molecule has 0 radical (unpaired) electrons. The Labute approximate surface area is 186 Å². The number of thioether (sulfide) groups is 1. The fraction of sp³-hybridized carbons (Fsp3) is 0.348. The predicted molar refractivity (Wildman–Crippen MR) is 121 cm³/mol. The lowest BCUT2D eigenvalue weighted by Gasteiger charge is -2.15. The maximum absolute atomic E-state index is 12.5. The normalized spacial score (nSPS) is 16.5. The van der Waals surface area contributed by atoms with Gasteiger partial charge in [0.1, 0.15) is 11.5 Å². The lowest BCUT2D eigenvalue weighted by atomic mass is 10.2. The molecule has 31 heavy (non-hydrogen) atoms. The Morgan fingerprint density at radius 2 is 1.97 bits per heavy atom. The van der Waals surface area contributed by atoms with Crippen LogP contribution in [0.2, 0.25) is 0 Å². The Kier molecular flexibility index (Phi) is 6.76. The molecule has 1 aliphatic heterocycles. The summed E-state index contributed by atoms with van der Waals surface area (Å²) in [7, 11) is 1.64. The lowest BCUT2D eigenvalue weighted by Crippen LogP contribution is -2.30. The van der Waals surface area contributed by atoms with E-state index in [1.54, 1.807) is 7.11 Å². The van der Waals surface area contributed by atoms with Crippen molar-refractivity contribution in [3.8, 4) is 28.6 Å². The van der Waals surface area contributed by atoms with Gasteiger partial charge in [0.05, 0.1) is 19.0 Å². The van der Waals surface area contributed by atoms with Gasteiger partial charge in [-0.2, -0.15) is 0 Å². The summed E-state index contributed by atoms with van der Waals surface area (Å²) in [5.74, 6) is 2.31. The van der Waals surface area contributed by atoms with Crippen molar-refractivity contribution in [2.75, 3.05) is 20.3 Å². The van der Waals surface area contributed by atoms with Gasteiger partial charge in [-0.15, -0.1) is 10.2 Å². The van der Waals surface area contributed by atoms with Crippen molar-refractivity contribution in [2.45, 2.75) is 36.6 Å². The molecule has 1 fully saturated rings. The SMILES string of the molecule is CCOc1ccc(-n2c(S[C@@H]3CCCCNC3=O)nnc2-c2cccc(OC)c2)cc1. The van der Waals surface area contributed by atoms with Crippen molar-refractivity contribution in [1.82, 2.24) is 20.1 Å². The van der Waals surface area contributed by atoms with E-state index in [-0.39, 0.29) is 11.2 Å². The predicted octanol–water partition coefficient (Wildman–Crippen LogP) is 4.10. The molecule has 1 aliphatic rings. The van der Waals surface area contributed by atoms with Gasteiger partial charge in [-0.25, -0.2) is 0 Å². The van der Waals surface area contributed by atoms with E-state index < -0.39 is 0 Å². The molecular formula is C23H26N4O3S. The number of methoxy groups -OCH3 is 1. The Morgan fingerprint density at radius 1 is 1.13 bits per heavy atom. The second-order valence-electron chi connectivity index (χ2n) is 7.19. The maximum atomic E-state index is 12.5. The summed E-state index contributed by atoms with van der Waals surface area (Å²) in [6, 6.07) is 15.6. The Hall–Kier alpha value is -3.00. The number of benzene rings is 2. The number of nitrogens with zero attached hydrogens (tertiary/aromatic N) is 3. The summed E-state index contributed by atoms with van der Waals surface area (Å²) in [5.41, 5.74) is 1.79. The van der Waals surface area contributed by atoms with Crippen molar-refractivity contribution >= 4 is 17.7 Å². The van der Waals surface area contributed by atoms with E-state index >= 15 is 0 Å². The van der Waals surface area contributed by atoms with Crippen LogP contribution in [0.25, 0.3) is 17.1 Å². The first-order valence-corrected chi connectivity index (χ1v) is 11.3. The van der Waals surface area contributed by atoms with Gasteiger partial charge in [0.25, 0.3) is 0 Å². The number of aromatic nitrogens is 3. The van der Waals surface area contributed by atoms with Crippen LogP contribution in [0.3, 0.4) is 0 Å². The van der Waals surface area contributed by atoms with Gasteiger partial charge >= 0.3 is 0 Å². The molecular weight excluding hydrogens is 412 g/mol. The molecule has 4 rings (SSSR count). The van der Waals surface area contributed by atoms with E-state index in [9.17, 15) is 4.79 Å². The Bertz CT molecular complexity index is 1040. The average Bonchev–Trinajstić information content (AvgIpc) is 3.11. The smallest absolute Gasteiger partial charge is 0.233 e. The van der Waals surface area contributed by atoms with Crippen molar-refractivity contribution in [3.05, 3.63) is 48.5 Å². The van der Waals surface area contributed by atoms with E-state index in [1.165, 1.54) is 11.8 Å². The topological polar surface area (TPSA) is 78.3 Å². The first-order chi connectivity index (χ1) is 15.2. The number of carbonyl (C=O) groups is 1. The molecule has 3 aromatic rings. The molecule has 0 aliphatic carbocycles. The molecule has 0 saturated carbocycles. The van der Waals surface area contributed by atoms with Crippen LogP contribution < -0.4 is 14.8 Å². The summed E-state index contributed by atoms with van der Waals surface area (Å²) in [4.78, 5) is 12.5. The Balaban J connectivity index is 1.75. The molecule has 0 unspecified atom stereocenters. The molecule has 0 bridgehead atoms. The molecule has 7 nitrogen and oxygen atoms in total. The third kappa shape index (κ3) is 4.85.